The zero-order chi connectivity index (χ0) is 19.0. The normalized spacial score (nSPS) is 13.5. The fourth-order valence-corrected chi connectivity index (χ4v) is 2.84. The first kappa shape index (κ1) is 17.1. The van der Waals surface area contributed by atoms with Crippen LogP contribution in [-0.2, 0) is 11.3 Å². The minimum atomic E-state index is -0.618. The minimum Gasteiger partial charge on any atom is -0.408 e. The van der Waals surface area contributed by atoms with E-state index in [-0.39, 0.29) is 24.4 Å². The summed E-state index contributed by atoms with van der Waals surface area (Å²) < 4.78 is 6.43. The number of amides is 2. The number of carbonyl (C=O) groups excluding carboxylic acids is 2. The summed E-state index contributed by atoms with van der Waals surface area (Å²) >= 11 is 0. The minimum absolute atomic E-state index is 0.134. The van der Waals surface area contributed by atoms with E-state index in [1.165, 1.54) is 4.57 Å². The lowest BCUT2D eigenvalue weighted by Crippen LogP contribution is -2.32. The fraction of sp³-hybridized carbons (Fsp3) is 0.250. The van der Waals surface area contributed by atoms with Crippen LogP contribution in [0.3, 0.4) is 0 Å². The number of aromatic nitrogens is 1. The lowest BCUT2D eigenvalue weighted by atomic mass is 10.1. The van der Waals surface area contributed by atoms with Crippen molar-refractivity contribution in [1.29, 1.82) is 0 Å². The third-order valence-corrected chi connectivity index (χ3v) is 4.48. The Morgan fingerprint density at radius 1 is 1.15 bits per heavy atom. The number of nitrogens with one attached hydrogen (secondary N) is 2. The van der Waals surface area contributed by atoms with E-state index in [0.717, 1.165) is 18.4 Å². The van der Waals surface area contributed by atoms with Crippen LogP contribution >= 0.6 is 0 Å². The molecule has 0 saturated heterocycles. The molecule has 0 aliphatic heterocycles. The van der Waals surface area contributed by atoms with Crippen LogP contribution in [0.15, 0.2) is 51.7 Å². The maximum Gasteiger partial charge on any atom is 0.420 e. The lowest BCUT2D eigenvalue weighted by molar-refractivity contribution is -0.121. The summed E-state index contributed by atoms with van der Waals surface area (Å²) in [6, 6.07) is 12.4. The van der Waals surface area contributed by atoms with Gasteiger partial charge in [-0.25, -0.2) is 4.79 Å². The lowest BCUT2D eigenvalue weighted by Gasteiger charge is -2.07. The maximum atomic E-state index is 12.5. The van der Waals surface area contributed by atoms with Crippen LogP contribution in [0.1, 0.15) is 28.8 Å². The predicted octanol–water partition coefficient (Wildman–Crippen LogP) is 2.43. The zero-order valence-corrected chi connectivity index (χ0v) is 14.8. The van der Waals surface area contributed by atoms with Gasteiger partial charge < -0.3 is 15.1 Å². The molecule has 7 heteroatoms. The van der Waals surface area contributed by atoms with Crippen molar-refractivity contribution in [3.05, 3.63) is 64.1 Å². The van der Waals surface area contributed by atoms with Gasteiger partial charge in [0.1, 0.15) is 6.54 Å². The molecule has 2 amide bonds. The fourth-order valence-electron chi connectivity index (χ4n) is 2.84. The van der Waals surface area contributed by atoms with Crippen molar-refractivity contribution in [2.45, 2.75) is 32.4 Å². The van der Waals surface area contributed by atoms with Gasteiger partial charge >= 0.3 is 5.76 Å². The first-order chi connectivity index (χ1) is 13.0. The Bertz CT molecular complexity index is 1070. The number of nitrogens with zero attached hydrogens (tertiary/aromatic N) is 1. The van der Waals surface area contributed by atoms with Crippen LogP contribution in [-0.4, -0.2) is 22.4 Å². The number of aryl methyl sites for hydroxylation is 1. The average Bonchev–Trinajstić information content (AvgIpc) is 3.40. The van der Waals surface area contributed by atoms with Crippen molar-refractivity contribution >= 4 is 28.6 Å². The van der Waals surface area contributed by atoms with E-state index in [0.29, 0.717) is 22.4 Å². The highest BCUT2D eigenvalue weighted by Crippen LogP contribution is 2.19. The molecule has 2 aromatic carbocycles. The Hall–Kier alpha value is -3.35. The van der Waals surface area contributed by atoms with Gasteiger partial charge in [-0.15, -0.1) is 0 Å². The number of benzene rings is 2. The third-order valence-electron chi connectivity index (χ3n) is 4.48. The second-order valence-corrected chi connectivity index (χ2v) is 6.80. The van der Waals surface area contributed by atoms with E-state index < -0.39 is 5.76 Å². The van der Waals surface area contributed by atoms with Crippen LogP contribution in [0, 0.1) is 6.92 Å². The Kier molecular flexibility index (Phi) is 4.27. The van der Waals surface area contributed by atoms with E-state index in [2.05, 4.69) is 10.6 Å². The topological polar surface area (TPSA) is 93.3 Å². The first-order valence-electron chi connectivity index (χ1n) is 8.80. The molecule has 0 spiro atoms. The number of carbonyl (C=O) groups is 2. The highest BCUT2D eigenvalue weighted by molar-refractivity contribution is 6.05. The van der Waals surface area contributed by atoms with Crippen molar-refractivity contribution in [2.24, 2.45) is 0 Å². The molecule has 0 radical (unpaired) electrons. The highest BCUT2D eigenvalue weighted by atomic mass is 16.4. The maximum absolute atomic E-state index is 12.5. The average molecular weight is 365 g/mol. The molecule has 0 atom stereocenters. The van der Waals surface area contributed by atoms with Gasteiger partial charge in [0.2, 0.25) is 5.91 Å². The monoisotopic (exact) mass is 365 g/mol. The number of hydrogen-bond donors (Lipinski definition) is 2. The van der Waals surface area contributed by atoms with Gasteiger partial charge in [0.25, 0.3) is 5.91 Å². The number of fused-ring (bicyclic) bond motifs is 1. The molecule has 1 aromatic heterocycles. The predicted molar refractivity (Wildman–Crippen MR) is 101 cm³/mol. The van der Waals surface area contributed by atoms with E-state index in [1.54, 1.807) is 18.2 Å². The van der Waals surface area contributed by atoms with Crippen LogP contribution < -0.4 is 16.4 Å². The largest absolute Gasteiger partial charge is 0.420 e. The molecule has 1 fully saturated rings. The highest BCUT2D eigenvalue weighted by Gasteiger charge is 2.24. The Morgan fingerprint density at radius 3 is 2.59 bits per heavy atom. The molecule has 138 valence electrons. The molecule has 7 nitrogen and oxygen atoms in total. The number of oxazole rings is 1. The molecule has 4 rings (SSSR count). The van der Waals surface area contributed by atoms with Gasteiger partial charge in [0.05, 0.1) is 5.52 Å². The van der Waals surface area contributed by atoms with Gasteiger partial charge in [-0.1, -0.05) is 17.7 Å². The summed E-state index contributed by atoms with van der Waals surface area (Å²) in [5, 5.41) is 5.65. The molecular weight excluding hydrogens is 346 g/mol. The molecule has 1 heterocycles. The number of anilines is 1. The molecule has 2 N–H and O–H groups in total. The van der Waals surface area contributed by atoms with Crippen molar-refractivity contribution in [3.63, 3.8) is 0 Å². The molecule has 27 heavy (non-hydrogen) atoms. The van der Waals surface area contributed by atoms with Gasteiger partial charge in [0.15, 0.2) is 5.58 Å². The van der Waals surface area contributed by atoms with Crippen LogP contribution in [0.5, 0.6) is 0 Å². The van der Waals surface area contributed by atoms with Crippen molar-refractivity contribution in [1.82, 2.24) is 9.88 Å². The number of rotatable bonds is 5. The molecule has 1 aliphatic carbocycles. The summed E-state index contributed by atoms with van der Waals surface area (Å²) in [5.41, 5.74) is 2.91. The molecule has 1 aliphatic rings. The standard InChI is InChI=1S/C20H19N3O4/c1-12-2-5-15(6-3-12)22-19(25)13-4-9-17-16(10-13)23(20(26)27-17)11-18(24)21-14-7-8-14/h2-6,9-10,14H,7-8,11H2,1H3,(H,21,24)(H,22,25). The Labute approximate surface area is 155 Å². The second kappa shape index (κ2) is 6.75. The van der Waals surface area contributed by atoms with Crippen LogP contribution in [0.4, 0.5) is 5.69 Å². The van der Waals surface area contributed by atoms with Crippen LogP contribution in [0.25, 0.3) is 11.1 Å². The summed E-state index contributed by atoms with van der Waals surface area (Å²) in [6.07, 6.45) is 1.94. The quantitative estimate of drug-likeness (QED) is 0.726. The van der Waals surface area contributed by atoms with Crippen LogP contribution in [0.2, 0.25) is 0 Å². The summed E-state index contributed by atoms with van der Waals surface area (Å²) in [5.74, 6) is -1.16. The Morgan fingerprint density at radius 2 is 1.89 bits per heavy atom. The van der Waals surface area contributed by atoms with Crippen molar-refractivity contribution in [3.8, 4) is 0 Å². The SMILES string of the molecule is Cc1ccc(NC(=O)c2ccc3oc(=O)n(CC(=O)NC4CC4)c3c2)cc1. The van der Waals surface area contributed by atoms with Gasteiger partial charge in [-0.05, 0) is 50.1 Å². The summed E-state index contributed by atoms with van der Waals surface area (Å²) in [7, 11) is 0. The van der Waals surface area contributed by atoms with E-state index in [4.69, 9.17) is 4.42 Å². The first-order valence-corrected chi connectivity index (χ1v) is 8.80. The van der Waals surface area contributed by atoms with E-state index >= 15 is 0 Å². The molecule has 1 saturated carbocycles. The molecule has 3 aromatic rings. The van der Waals surface area contributed by atoms with Gasteiger partial charge in [0, 0.05) is 17.3 Å². The molecule has 0 bridgehead atoms. The number of hydrogen-bond acceptors (Lipinski definition) is 4. The summed E-state index contributed by atoms with van der Waals surface area (Å²) in [4.78, 5) is 36.7. The molecule has 0 unspecified atom stereocenters. The van der Waals surface area contributed by atoms with E-state index in [9.17, 15) is 14.4 Å². The zero-order valence-electron chi connectivity index (χ0n) is 14.8. The molecular formula is C20H19N3O4. The summed E-state index contributed by atoms with van der Waals surface area (Å²) in [6.45, 7) is 1.84. The van der Waals surface area contributed by atoms with Gasteiger partial charge in [-0.2, -0.15) is 0 Å². The second-order valence-electron chi connectivity index (χ2n) is 6.80. The third kappa shape index (κ3) is 3.76. The Balaban J connectivity index is 1.59. The smallest absolute Gasteiger partial charge is 0.408 e. The van der Waals surface area contributed by atoms with E-state index in [1.807, 2.05) is 31.2 Å². The van der Waals surface area contributed by atoms with Crippen molar-refractivity contribution in [2.75, 3.05) is 5.32 Å². The van der Waals surface area contributed by atoms with Crippen molar-refractivity contribution < 1.29 is 14.0 Å². The van der Waals surface area contributed by atoms with Gasteiger partial charge in [-0.3, -0.25) is 14.2 Å².